The molecule has 2 aromatic carbocycles. The average Bonchev–Trinajstić information content (AvgIpc) is 3.35. The van der Waals surface area contributed by atoms with Crippen LogP contribution in [0.1, 0.15) is 19.4 Å². The monoisotopic (exact) mass is 528 g/mol. The predicted molar refractivity (Wildman–Crippen MR) is 135 cm³/mol. The Morgan fingerprint density at radius 1 is 1.11 bits per heavy atom. The van der Waals surface area contributed by atoms with E-state index in [9.17, 15) is 18.5 Å². The van der Waals surface area contributed by atoms with Crippen molar-refractivity contribution in [2.24, 2.45) is 0 Å². The summed E-state index contributed by atoms with van der Waals surface area (Å²) in [7, 11) is -2.08. The van der Waals surface area contributed by atoms with Crippen molar-refractivity contribution in [1.82, 2.24) is 9.36 Å². The van der Waals surface area contributed by atoms with Gasteiger partial charge in [-0.1, -0.05) is 18.2 Å². The zero-order valence-electron chi connectivity index (χ0n) is 19.8. The van der Waals surface area contributed by atoms with Gasteiger partial charge in [-0.15, -0.1) is 0 Å². The molecule has 0 saturated heterocycles. The van der Waals surface area contributed by atoms with E-state index < -0.39 is 21.0 Å². The summed E-state index contributed by atoms with van der Waals surface area (Å²) < 4.78 is 44.5. The van der Waals surface area contributed by atoms with Crippen LogP contribution in [-0.2, 0) is 14.6 Å². The fourth-order valence-corrected chi connectivity index (χ4v) is 4.43. The smallest absolute Gasteiger partial charge is 0.268 e. The van der Waals surface area contributed by atoms with Gasteiger partial charge in [0.2, 0.25) is 15.0 Å². The van der Waals surface area contributed by atoms with E-state index in [1.54, 1.807) is 37.4 Å². The normalized spacial score (nSPS) is 11.6. The molecular formula is C24H24N4O6S2. The molecule has 3 aromatic rings. The van der Waals surface area contributed by atoms with E-state index in [0.717, 1.165) is 11.5 Å². The van der Waals surface area contributed by atoms with Crippen molar-refractivity contribution in [3.05, 3.63) is 59.7 Å². The first kappa shape index (κ1) is 26.7. The van der Waals surface area contributed by atoms with Crippen molar-refractivity contribution in [3.63, 3.8) is 0 Å². The van der Waals surface area contributed by atoms with Crippen LogP contribution in [0.2, 0.25) is 0 Å². The number of nitrogens with one attached hydrogen (secondary N) is 1. The first-order valence-electron chi connectivity index (χ1n) is 10.7. The highest BCUT2D eigenvalue weighted by molar-refractivity contribution is 7.91. The number of carbonyl (C=O) groups is 1. The number of nitrogens with zero attached hydrogens (tertiary/aromatic N) is 3. The lowest BCUT2D eigenvalue weighted by molar-refractivity contribution is -0.112. The second kappa shape index (κ2) is 12.1. The number of aromatic nitrogens is 2. The first-order chi connectivity index (χ1) is 17.2. The van der Waals surface area contributed by atoms with Crippen LogP contribution in [-0.4, -0.2) is 49.3 Å². The molecule has 1 N–H and O–H groups in total. The summed E-state index contributed by atoms with van der Waals surface area (Å²) in [5.41, 5.74) is 0.417. The summed E-state index contributed by atoms with van der Waals surface area (Å²) in [5, 5.41) is 10.8. The Balaban J connectivity index is 1.55. The Morgan fingerprint density at radius 2 is 1.78 bits per heavy atom. The number of sulfone groups is 1. The van der Waals surface area contributed by atoms with Crippen LogP contribution in [0.4, 0.5) is 5.13 Å². The van der Waals surface area contributed by atoms with Crippen LogP contribution < -0.4 is 19.5 Å². The molecule has 12 heteroatoms. The summed E-state index contributed by atoms with van der Waals surface area (Å²) in [6.45, 7) is 3.67. The summed E-state index contributed by atoms with van der Waals surface area (Å²) >= 11 is 0.726. The van der Waals surface area contributed by atoms with Gasteiger partial charge in [-0.05, 0) is 49.8 Å². The van der Waals surface area contributed by atoms with Gasteiger partial charge in [-0.2, -0.15) is 14.6 Å². The van der Waals surface area contributed by atoms with Crippen molar-refractivity contribution >= 4 is 38.5 Å². The zero-order valence-corrected chi connectivity index (χ0v) is 21.4. The van der Waals surface area contributed by atoms with E-state index in [0.29, 0.717) is 36.0 Å². The highest BCUT2D eigenvalue weighted by atomic mass is 32.2. The maximum atomic E-state index is 12.5. The Bertz CT molecular complexity index is 1380. The Kier molecular flexibility index (Phi) is 8.99. The van der Waals surface area contributed by atoms with Crippen LogP contribution in [0, 0.1) is 11.3 Å². The van der Waals surface area contributed by atoms with Crippen LogP contribution in [0.25, 0.3) is 6.08 Å². The fraction of sp³-hybridized carbons (Fsp3) is 0.250. The number of nitriles is 1. The van der Waals surface area contributed by atoms with Gasteiger partial charge in [-0.3, -0.25) is 10.1 Å². The van der Waals surface area contributed by atoms with Gasteiger partial charge in [-0.25, -0.2) is 8.42 Å². The number of amides is 1. The third kappa shape index (κ3) is 7.03. The first-order valence-corrected chi connectivity index (χ1v) is 13.1. The number of hydrogen-bond donors (Lipinski definition) is 1. The second-order valence-electron chi connectivity index (χ2n) is 7.54. The number of methoxy groups -OCH3 is 1. The molecule has 1 amide bonds. The molecule has 1 heterocycles. The molecule has 0 radical (unpaired) electrons. The topological polar surface area (TPSA) is 140 Å². The molecule has 36 heavy (non-hydrogen) atoms. The number of rotatable bonds is 11. The molecule has 0 unspecified atom stereocenters. The summed E-state index contributed by atoms with van der Waals surface area (Å²) in [5.74, 6) is 1.25. The number of anilines is 1. The van der Waals surface area contributed by atoms with Gasteiger partial charge in [0.1, 0.15) is 42.1 Å². The van der Waals surface area contributed by atoms with E-state index in [1.165, 1.54) is 19.9 Å². The standard InChI is InChI=1S/C24H24N4O6S2/c1-16(2)36(30,31)24-27-23(35-28-24)26-22(29)18(15-25)13-17-7-9-19(10-8-17)33-11-12-34-21-6-4-5-20(14-21)32-3/h4-10,13-14,16H,11-12H2,1-3H3,(H,26,27,28,29)/b18-13-. The molecule has 0 saturated carbocycles. The maximum absolute atomic E-state index is 12.5. The molecule has 1 aromatic heterocycles. The number of benzene rings is 2. The number of carbonyl (C=O) groups excluding carboxylic acids is 1. The molecule has 0 aliphatic rings. The average molecular weight is 529 g/mol. The quantitative estimate of drug-likeness (QED) is 0.224. The molecule has 0 aliphatic carbocycles. The zero-order chi connectivity index (χ0) is 26.1. The Morgan fingerprint density at radius 3 is 2.42 bits per heavy atom. The van der Waals surface area contributed by atoms with E-state index in [1.807, 2.05) is 24.3 Å². The van der Waals surface area contributed by atoms with Gasteiger partial charge in [0, 0.05) is 17.6 Å². The minimum absolute atomic E-state index is 0.0136. The lowest BCUT2D eigenvalue weighted by atomic mass is 10.1. The van der Waals surface area contributed by atoms with Crippen LogP contribution in [0.3, 0.4) is 0 Å². The molecule has 0 bridgehead atoms. The largest absolute Gasteiger partial charge is 0.497 e. The van der Waals surface area contributed by atoms with Crippen molar-refractivity contribution < 1.29 is 27.4 Å². The van der Waals surface area contributed by atoms with Crippen molar-refractivity contribution in [2.75, 3.05) is 25.6 Å². The van der Waals surface area contributed by atoms with Crippen LogP contribution >= 0.6 is 11.5 Å². The fourth-order valence-electron chi connectivity index (χ4n) is 2.74. The van der Waals surface area contributed by atoms with E-state index >= 15 is 0 Å². The molecule has 0 atom stereocenters. The SMILES string of the molecule is COc1cccc(OCCOc2ccc(/C=C(/C#N)C(=O)Nc3nc(S(=O)(=O)C(C)C)ns3)cc2)c1. The lowest BCUT2D eigenvalue weighted by Gasteiger charge is -2.09. The van der Waals surface area contributed by atoms with E-state index in [-0.39, 0.29) is 15.9 Å². The third-order valence-electron chi connectivity index (χ3n) is 4.72. The molecule has 10 nitrogen and oxygen atoms in total. The van der Waals surface area contributed by atoms with Crippen molar-refractivity contribution in [2.45, 2.75) is 24.3 Å². The molecule has 0 aliphatic heterocycles. The van der Waals surface area contributed by atoms with Crippen LogP contribution in [0.5, 0.6) is 17.2 Å². The molecule has 3 rings (SSSR count). The highest BCUT2D eigenvalue weighted by Gasteiger charge is 2.25. The van der Waals surface area contributed by atoms with Gasteiger partial charge in [0.05, 0.1) is 12.4 Å². The highest BCUT2D eigenvalue weighted by Crippen LogP contribution is 2.21. The van der Waals surface area contributed by atoms with Gasteiger partial charge >= 0.3 is 0 Å². The predicted octanol–water partition coefficient (Wildman–Crippen LogP) is 3.73. The maximum Gasteiger partial charge on any atom is 0.268 e. The third-order valence-corrected chi connectivity index (χ3v) is 7.40. The summed E-state index contributed by atoms with van der Waals surface area (Å²) in [6.07, 6.45) is 1.40. The Hall–Kier alpha value is -3.95. The van der Waals surface area contributed by atoms with Gasteiger partial charge < -0.3 is 14.2 Å². The van der Waals surface area contributed by atoms with Crippen molar-refractivity contribution in [1.29, 1.82) is 5.26 Å². The molecule has 0 fully saturated rings. The second-order valence-corrected chi connectivity index (χ2v) is 10.7. The molecule has 0 spiro atoms. The summed E-state index contributed by atoms with van der Waals surface area (Å²) in [4.78, 5) is 16.3. The lowest BCUT2D eigenvalue weighted by Crippen LogP contribution is -2.16. The van der Waals surface area contributed by atoms with E-state index in [2.05, 4.69) is 14.7 Å². The Labute approximate surface area is 213 Å². The van der Waals surface area contributed by atoms with Crippen LogP contribution in [0.15, 0.2) is 59.3 Å². The van der Waals surface area contributed by atoms with E-state index in [4.69, 9.17) is 14.2 Å². The number of hydrogen-bond acceptors (Lipinski definition) is 10. The van der Waals surface area contributed by atoms with Gasteiger partial charge in [0.15, 0.2) is 0 Å². The number of ether oxygens (including phenoxy) is 3. The molecular weight excluding hydrogens is 504 g/mol. The minimum Gasteiger partial charge on any atom is -0.497 e. The van der Waals surface area contributed by atoms with Crippen molar-refractivity contribution in [3.8, 4) is 23.3 Å². The van der Waals surface area contributed by atoms with Gasteiger partial charge in [0.25, 0.3) is 11.1 Å². The minimum atomic E-state index is -3.66. The molecule has 188 valence electrons. The summed E-state index contributed by atoms with van der Waals surface area (Å²) in [6, 6.07) is 15.9.